The van der Waals surface area contributed by atoms with Gasteiger partial charge in [0, 0.05) is 23.4 Å². The number of urea groups is 1. The summed E-state index contributed by atoms with van der Waals surface area (Å²) in [6, 6.07) is 7.76. The van der Waals surface area contributed by atoms with Gasteiger partial charge in [0.25, 0.3) is 0 Å². The SMILES string of the molecule is CC1(CNC(=O)NCc2cccc(-c3ncn[nH]3)c2)CCCS1. The van der Waals surface area contributed by atoms with Crippen LogP contribution in [-0.4, -0.2) is 38.3 Å². The van der Waals surface area contributed by atoms with Crippen LogP contribution in [0.5, 0.6) is 0 Å². The van der Waals surface area contributed by atoms with Crippen molar-refractivity contribution < 1.29 is 4.79 Å². The predicted octanol–water partition coefficient (Wildman–Crippen LogP) is 2.56. The number of aromatic nitrogens is 3. The van der Waals surface area contributed by atoms with Crippen LogP contribution in [0.15, 0.2) is 30.6 Å². The van der Waals surface area contributed by atoms with Gasteiger partial charge in [-0.3, -0.25) is 5.10 Å². The van der Waals surface area contributed by atoms with E-state index >= 15 is 0 Å². The van der Waals surface area contributed by atoms with Gasteiger partial charge >= 0.3 is 6.03 Å². The van der Waals surface area contributed by atoms with Crippen molar-refractivity contribution in [1.82, 2.24) is 25.8 Å². The number of benzene rings is 1. The second-order valence-electron chi connectivity index (χ2n) is 5.97. The van der Waals surface area contributed by atoms with Crippen LogP contribution in [0.4, 0.5) is 4.79 Å². The molecule has 1 saturated heterocycles. The average molecular weight is 331 g/mol. The number of nitrogens with zero attached hydrogens (tertiary/aromatic N) is 2. The number of carbonyl (C=O) groups is 1. The van der Waals surface area contributed by atoms with E-state index < -0.39 is 0 Å². The molecule has 7 heteroatoms. The van der Waals surface area contributed by atoms with Gasteiger partial charge in [0.05, 0.1) is 0 Å². The van der Waals surface area contributed by atoms with Gasteiger partial charge in [-0.25, -0.2) is 9.78 Å². The number of carbonyl (C=O) groups excluding carboxylic acids is 1. The van der Waals surface area contributed by atoms with E-state index in [-0.39, 0.29) is 10.8 Å². The fraction of sp³-hybridized carbons (Fsp3) is 0.438. The van der Waals surface area contributed by atoms with Crippen LogP contribution in [-0.2, 0) is 6.54 Å². The Labute approximate surface area is 139 Å². The van der Waals surface area contributed by atoms with Crippen molar-refractivity contribution in [2.24, 2.45) is 0 Å². The van der Waals surface area contributed by atoms with Crippen LogP contribution in [0.1, 0.15) is 25.3 Å². The van der Waals surface area contributed by atoms with Gasteiger partial charge in [-0.1, -0.05) is 18.2 Å². The largest absolute Gasteiger partial charge is 0.337 e. The molecule has 3 rings (SSSR count). The number of nitrogens with one attached hydrogen (secondary N) is 3. The molecule has 1 aliphatic heterocycles. The Hall–Kier alpha value is -2.02. The number of H-pyrrole nitrogens is 1. The molecular weight excluding hydrogens is 310 g/mol. The summed E-state index contributed by atoms with van der Waals surface area (Å²) in [5.74, 6) is 1.91. The topological polar surface area (TPSA) is 82.7 Å². The molecule has 6 nitrogen and oxygen atoms in total. The van der Waals surface area contributed by atoms with Crippen molar-refractivity contribution in [2.45, 2.75) is 31.1 Å². The Bertz CT molecular complexity index is 652. The third-order valence-electron chi connectivity index (χ3n) is 3.99. The quantitative estimate of drug-likeness (QED) is 0.786. The van der Waals surface area contributed by atoms with Gasteiger partial charge in [0.2, 0.25) is 0 Å². The Morgan fingerprint density at radius 2 is 2.35 bits per heavy atom. The van der Waals surface area contributed by atoms with E-state index in [9.17, 15) is 4.79 Å². The smallest absolute Gasteiger partial charge is 0.315 e. The highest BCUT2D eigenvalue weighted by Gasteiger charge is 2.29. The van der Waals surface area contributed by atoms with Gasteiger partial charge in [-0.15, -0.1) is 0 Å². The van der Waals surface area contributed by atoms with Gasteiger partial charge in [-0.2, -0.15) is 16.9 Å². The molecule has 1 aromatic heterocycles. The highest BCUT2D eigenvalue weighted by atomic mass is 32.2. The van der Waals surface area contributed by atoms with Crippen molar-refractivity contribution in [1.29, 1.82) is 0 Å². The molecule has 0 saturated carbocycles. The lowest BCUT2D eigenvalue weighted by Crippen LogP contribution is -2.42. The molecule has 2 aromatic rings. The summed E-state index contributed by atoms with van der Waals surface area (Å²) >= 11 is 1.94. The summed E-state index contributed by atoms with van der Waals surface area (Å²) in [6.45, 7) is 3.41. The standard InChI is InChI=1S/C16H21N5OS/c1-16(6-3-7-23-16)10-18-15(22)17-9-12-4-2-5-13(8-12)14-19-11-20-21-14/h2,4-5,8,11H,3,6-7,9-10H2,1H3,(H2,17,18,22)(H,19,20,21). The molecule has 3 N–H and O–H groups in total. The maximum absolute atomic E-state index is 12.0. The molecule has 0 spiro atoms. The Balaban J connectivity index is 1.50. The molecule has 1 aliphatic rings. The fourth-order valence-corrected chi connectivity index (χ4v) is 3.91. The number of rotatable bonds is 5. The van der Waals surface area contributed by atoms with E-state index in [4.69, 9.17) is 0 Å². The monoisotopic (exact) mass is 331 g/mol. The number of hydrogen-bond acceptors (Lipinski definition) is 4. The highest BCUT2D eigenvalue weighted by Crippen LogP contribution is 2.36. The van der Waals surface area contributed by atoms with Crippen LogP contribution < -0.4 is 10.6 Å². The molecule has 23 heavy (non-hydrogen) atoms. The van der Waals surface area contributed by atoms with Crippen molar-refractivity contribution in [3.63, 3.8) is 0 Å². The first-order chi connectivity index (χ1) is 11.1. The highest BCUT2D eigenvalue weighted by molar-refractivity contribution is 8.00. The summed E-state index contributed by atoms with van der Waals surface area (Å²) in [5, 5.41) is 12.6. The lowest BCUT2D eigenvalue weighted by Gasteiger charge is -2.22. The fourth-order valence-electron chi connectivity index (χ4n) is 2.66. The Kier molecular flexibility index (Phi) is 4.85. The Morgan fingerprint density at radius 3 is 3.09 bits per heavy atom. The normalized spacial score (nSPS) is 20.4. The van der Waals surface area contributed by atoms with Crippen molar-refractivity contribution in [3.8, 4) is 11.4 Å². The first-order valence-corrected chi connectivity index (χ1v) is 8.74. The number of aromatic amines is 1. The minimum absolute atomic E-state index is 0.121. The molecule has 2 amide bonds. The van der Waals surface area contributed by atoms with Crippen molar-refractivity contribution in [2.75, 3.05) is 12.3 Å². The molecule has 0 bridgehead atoms. The summed E-state index contributed by atoms with van der Waals surface area (Å²) in [5.41, 5.74) is 1.98. The molecular formula is C16H21N5OS. The van der Waals surface area contributed by atoms with Crippen LogP contribution in [0.25, 0.3) is 11.4 Å². The predicted molar refractivity (Wildman–Crippen MR) is 92.2 cm³/mol. The van der Waals surface area contributed by atoms with E-state index in [1.165, 1.54) is 18.5 Å². The number of hydrogen-bond donors (Lipinski definition) is 3. The molecule has 1 aromatic carbocycles. The van der Waals surface area contributed by atoms with E-state index in [2.05, 4.69) is 32.7 Å². The van der Waals surface area contributed by atoms with E-state index in [0.29, 0.717) is 13.1 Å². The number of thioether (sulfide) groups is 1. The zero-order chi connectivity index (χ0) is 16.1. The molecule has 2 heterocycles. The zero-order valence-electron chi connectivity index (χ0n) is 13.1. The zero-order valence-corrected chi connectivity index (χ0v) is 13.9. The third kappa shape index (κ3) is 4.25. The van der Waals surface area contributed by atoms with E-state index in [0.717, 1.165) is 23.4 Å². The van der Waals surface area contributed by atoms with Gasteiger partial charge in [-0.05, 0) is 37.1 Å². The van der Waals surface area contributed by atoms with Gasteiger partial charge in [0.1, 0.15) is 6.33 Å². The molecule has 1 fully saturated rings. The van der Waals surface area contributed by atoms with Crippen LogP contribution in [0.2, 0.25) is 0 Å². The van der Waals surface area contributed by atoms with Crippen molar-refractivity contribution in [3.05, 3.63) is 36.2 Å². The van der Waals surface area contributed by atoms with Gasteiger partial charge in [0.15, 0.2) is 5.82 Å². The maximum atomic E-state index is 12.0. The van der Waals surface area contributed by atoms with Crippen molar-refractivity contribution >= 4 is 17.8 Å². The maximum Gasteiger partial charge on any atom is 0.315 e. The van der Waals surface area contributed by atoms with Crippen LogP contribution in [0.3, 0.4) is 0 Å². The number of amides is 2. The summed E-state index contributed by atoms with van der Waals surface area (Å²) in [6.07, 6.45) is 3.88. The second kappa shape index (κ2) is 7.04. The first-order valence-electron chi connectivity index (χ1n) is 7.75. The van der Waals surface area contributed by atoms with Crippen LogP contribution >= 0.6 is 11.8 Å². The Morgan fingerprint density at radius 1 is 1.43 bits per heavy atom. The summed E-state index contributed by atoms with van der Waals surface area (Å²) in [4.78, 5) is 16.1. The molecule has 122 valence electrons. The van der Waals surface area contributed by atoms with Gasteiger partial charge < -0.3 is 10.6 Å². The van der Waals surface area contributed by atoms with Crippen LogP contribution in [0, 0.1) is 0 Å². The first kappa shape index (κ1) is 15.9. The van der Waals surface area contributed by atoms with E-state index in [1.54, 1.807) is 0 Å². The minimum atomic E-state index is -0.121. The second-order valence-corrected chi connectivity index (χ2v) is 7.66. The lowest BCUT2D eigenvalue weighted by molar-refractivity contribution is 0.239. The molecule has 0 radical (unpaired) electrons. The summed E-state index contributed by atoms with van der Waals surface area (Å²) in [7, 11) is 0. The third-order valence-corrected chi connectivity index (χ3v) is 5.53. The van der Waals surface area contributed by atoms with E-state index in [1.807, 2.05) is 36.0 Å². The minimum Gasteiger partial charge on any atom is -0.337 e. The lowest BCUT2D eigenvalue weighted by atomic mass is 10.1. The average Bonchev–Trinajstić information content (AvgIpc) is 3.23. The summed E-state index contributed by atoms with van der Waals surface area (Å²) < 4.78 is 0.184. The molecule has 1 unspecified atom stereocenters. The molecule has 0 aliphatic carbocycles. The molecule has 1 atom stereocenters.